The number of carboxylic acids is 1. The number of benzene rings is 1. The third-order valence-electron chi connectivity index (χ3n) is 4.94. The smallest absolute Gasteiger partial charge is 0.307 e. The van der Waals surface area contributed by atoms with E-state index in [1.54, 1.807) is 12.3 Å². The minimum absolute atomic E-state index is 0.0182. The first-order chi connectivity index (χ1) is 15.5. The lowest BCUT2D eigenvalue weighted by molar-refractivity contribution is -0.136. The second-order valence-corrected chi connectivity index (χ2v) is 8.31. The standard InChI is InChI=1S/C24H32N4O3S/c1-17(2)19-7-6-8-20(21(19)16-24(29)30)18-10-13-27-22(15-18)31-14-5-3-4-12-28-23(32-26)9-11-25/h6-11,13,15,17,25,28H,3-5,12,14,16,26H2,1-2H3,(H,29,30)/b23-9+,25-11?. The fourth-order valence-electron chi connectivity index (χ4n) is 3.43. The SMILES string of the molecule is CC(C)c1cccc(-c2ccnc(OCCCCCN/C(=C\C=N)SN)c2)c1CC(=O)O. The number of rotatable bonds is 14. The second kappa shape index (κ2) is 13.5. The first kappa shape index (κ1) is 25.4. The Morgan fingerprint density at radius 1 is 1.31 bits per heavy atom. The average Bonchev–Trinajstić information content (AvgIpc) is 2.77. The summed E-state index contributed by atoms with van der Waals surface area (Å²) < 4.78 is 5.84. The van der Waals surface area contributed by atoms with Gasteiger partial charge in [0.15, 0.2) is 0 Å². The van der Waals surface area contributed by atoms with Crippen molar-refractivity contribution in [3.8, 4) is 17.0 Å². The first-order valence-electron chi connectivity index (χ1n) is 10.7. The summed E-state index contributed by atoms with van der Waals surface area (Å²) in [4.78, 5) is 15.8. The number of unbranched alkanes of at least 4 members (excludes halogenated alkanes) is 2. The molecule has 0 amide bonds. The van der Waals surface area contributed by atoms with Gasteiger partial charge in [0.05, 0.1) is 18.1 Å². The van der Waals surface area contributed by atoms with Crippen LogP contribution in [-0.4, -0.2) is 35.4 Å². The molecular weight excluding hydrogens is 424 g/mol. The van der Waals surface area contributed by atoms with Crippen molar-refractivity contribution in [1.82, 2.24) is 10.3 Å². The number of hydrogen-bond donors (Lipinski definition) is 4. The van der Waals surface area contributed by atoms with E-state index in [9.17, 15) is 9.90 Å². The van der Waals surface area contributed by atoms with E-state index in [1.807, 2.05) is 30.3 Å². The fourth-order valence-corrected chi connectivity index (χ4v) is 3.76. The van der Waals surface area contributed by atoms with Gasteiger partial charge in [-0.3, -0.25) is 9.93 Å². The van der Waals surface area contributed by atoms with Crippen molar-refractivity contribution in [3.63, 3.8) is 0 Å². The Hall–Kier alpha value is -2.84. The summed E-state index contributed by atoms with van der Waals surface area (Å²) in [5.74, 6) is -0.0751. The highest BCUT2D eigenvalue weighted by atomic mass is 32.2. The molecule has 0 atom stereocenters. The lowest BCUT2D eigenvalue weighted by Crippen LogP contribution is -2.14. The molecule has 32 heavy (non-hydrogen) atoms. The Kier molecular flexibility index (Phi) is 10.8. The number of carbonyl (C=O) groups is 1. The Labute approximate surface area is 194 Å². The van der Waals surface area contributed by atoms with E-state index in [-0.39, 0.29) is 12.3 Å². The molecule has 0 radical (unpaired) electrons. The summed E-state index contributed by atoms with van der Waals surface area (Å²) in [5, 5.41) is 26.0. The normalized spacial score (nSPS) is 11.4. The van der Waals surface area contributed by atoms with Crippen molar-refractivity contribution < 1.29 is 14.6 Å². The molecule has 1 heterocycles. The van der Waals surface area contributed by atoms with Gasteiger partial charge < -0.3 is 20.6 Å². The van der Waals surface area contributed by atoms with Crippen LogP contribution in [0.5, 0.6) is 5.88 Å². The van der Waals surface area contributed by atoms with Crippen LogP contribution in [0.1, 0.15) is 50.2 Å². The molecule has 0 saturated carbocycles. The number of pyridine rings is 1. The number of allylic oxidation sites excluding steroid dienone is 1. The van der Waals surface area contributed by atoms with E-state index in [4.69, 9.17) is 15.3 Å². The number of hydrogen-bond acceptors (Lipinski definition) is 7. The average molecular weight is 457 g/mol. The number of aromatic nitrogens is 1. The van der Waals surface area contributed by atoms with Gasteiger partial charge in [0.1, 0.15) is 0 Å². The van der Waals surface area contributed by atoms with Crippen LogP contribution in [0.25, 0.3) is 11.1 Å². The summed E-state index contributed by atoms with van der Waals surface area (Å²) in [6.07, 6.45) is 7.36. The van der Waals surface area contributed by atoms with Gasteiger partial charge in [-0.1, -0.05) is 32.0 Å². The quantitative estimate of drug-likeness (QED) is 0.184. The van der Waals surface area contributed by atoms with E-state index < -0.39 is 5.97 Å². The topological polar surface area (TPSA) is 121 Å². The van der Waals surface area contributed by atoms with Gasteiger partial charge in [0.25, 0.3) is 0 Å². The van der Waals surface area contributed by atoms with Crippen LogP contribution in [0, 0.1) is 5.41 Å². The number of aliphatic carboxylic acids is 1. The molecule has 1 aromatic carbocycles. The minimum Gasteiger partial charge on any atom is -0.481 e. The van der Waals surface area contributed by atoms with Gasteiger partial charge in [-0.2, -0.15) is 0 Å². The number of nitrogens with one attached hydrogen (secondary N) is 2. The van der Waals surface area contributed by atoms with Crippen molar-refractivity contribution in [2.45, 2.75) is 45.4 Å². The monoisotopic (exact) mass is 456 g/mol. The maximum atomic E-state index is 11.5. The molecule has 0 unspecified atom stereocenters. The third-order valence-corrected chi connectivity index (χ3v) is 5.47. The summed E-state index contributed by atoms with van der Waals surface area (Å²) in [7, 11) is 0. The van der Waals surface area contributed by atoms with E-state index in [2.05, 4.69) is 24.1 Å². The summed E-state index contributed by atoms with van der Waals surface area (Å²) in [5.41, 5.74) is 3.70. The number of nitrogens with two attached hydrogens (primary N) is 1. The zero-order valence-electron chi connectivity index (χ0n) is 18.6. The van der Waals surface area contributed by atoms with Gasteiger partial charge in [-0.05, 0) is 71.5 Å². The highest BCUT2D eigenvalue weighted by Crippen LogP contribution is 2.32. The lowest BCUT2D eigenvalue weighted by atomic mass is 9.89. The largest absolute Gasteiger partial charge is 0.481 e. The molecule has 0 spiro atoms. The molecule has 0 aliphatic rings. The van der Waals surface area contributed by atoms with Crippen LogP contribution in [-0.2, 0) is 11.2 Å². The highest BCUT2D eigenvalue weighted by molar-refractivity contribution is 8.00. The van der Waals surface area contributed by atoms with E-state index in [1.165, 1.54) is 6.21 Å². The molecule has 0 aliphatic heterocycles. The third kappa shape index (κ3) is 8.01. The molecular formula is C24H32N4O3S. The Bertz CT molecular complexity index is 931. The zero-order valence-corrected chi connectivity index (χ0v) is 19.5. The van der Waals surface area contributed by atoms with Gasteiger partial charge in [0.2, 0.25) is 5.88 Å². The second-order valence-electron chi connectivity index (χ2n) is 7.63. The maximum Gasteiger partial charge on any atom is 0.307 e. The van der Waals surface area contributed by atoms with Gasteiger partial charge in [-0.15, -0.1) is 0 Å². The number of carboxylic acid groups (broad SMARTS) is 1. The molecule has 7 nitrogen and oxygen atoms in total. The van der Waals surface area contributed by atoms with Crippen LogP contribution < -0.4 is 15.2 Å². The number of ether oxygens (including phenoxy) is 1. The maximum absolute atomic E-state index is 11.5. The predicted molar refractivity (Wildman–Crippen MR) is 131 cm³/mol. The van der Waals surface area contributed by atoms with Crippen LogP contribution in [0.2, 0.25) is 0 Å². The summed E-state index contributed by atoms with van der Waals surface area (Å²) in [6.45, 7) is 5.48. The van der Waals surface area contributed by atoms with E-state index >= 15 is 0 Å². The minimum atomic E-state index is -0.843. The molecule has 0 fully saturated rings. The van der Waals surface area contributed by atoms with Crippen LogP contribution in [0.15, 0.2) is 47.6 Å². The van der Waals surface area contributed by atoms with Crippen molar-refractivity contribution >= 4 is 24.1 Å². The molecule has 8 heteroatoms. The molecule has 0 saturated heterocycles. The van der Waals surface area contributed by atoms with Gasteiger partial charge >= 0.3 is 5.97 Å². The van der Waals surface area contributed by atoms with Crippen LogP contribution >= 0.6 is 11.9 Å². The van der Waals surface area contributed by atoms with Gasteiger partial charge in [-0.25, -0.2) is 4.98 Å². The molecule has 1 aromatic heterocycles. The van der Waals surface area contributed by atoms with Crippen molar-refractivity contribution in [1.29, 1.82) is 5.41 Å². The number of nitrogens with zero attached hydrogens (tertiary/aromatic N) is 1. The van der Waals surface area contributed by atoms with Crippen molar-refractivity contribution in [2.75, 3.05) is 13.2 Å². The molecule has 0 bridgehead atoms. The summed E-state index contributed by atoms with van der Waals surface area (Å²) >= 11 is 1.10. The molecule has 0 aliphatic carbocycles. The molecule has 5 N–H and O–H groups in total. The van der Waals surface area contributed by atoms with Crippen molar-refractivity contribution in [3.05, 3.63) is 58.8 Å². The molecule has 2 aromatic rings. The fraction of sp³-hybridized carbons (Fsp3) is 0.375. The summed E-state index contributed by atoms with van der Waals surface area (Å²) in [6, 6.07) is 9.68. The van der Waals surface area contributed by atoms with E-state index in [0.717, 1.165) is 65.0 Å². The first-order valence-corrected chi connectivity index (χ1v) is 11.6. The Morgan fingerprint density at radius 2 is 2.12 bits per heavy atom. The van der Waals surface area contributed by atoms with Crippen LogP contribution in [0.3, 0.4) is 0 Å². The Morgan fingerprint density at radius 3 is 2.81 bits per heavy atom. The Balaban J connectivity index is 1.96. The zero-order chi connectivity index (χ0) is 23.3. The molecule has 172 valence electrons. The predicted octanol–water partition coefficient (Wildman–Crippen LogP) is 4.74. The lowest BCUT2D eigenvalue weighted by Gasteiger charge is -2.17. The van der Waals surface area contributed by atoms with Crippen LogP contribution in [0.4, 0.5) is 0 Å². The molecule has 2 rings (SSSR count). The van der Waals surface area contributed by atoms with Crippen molar-refractivity contribution in [2.24, 2.45) is 5.14 Å². The van der Waals surface area contributed by atoms with Gasteiger partial charge in [0, 0.05) is 25.0 Å². The van der Waals surface area contributed by atoms with E-state index in [0.29, 0.717) is 12.5 Å². The highest BCUT2D eigenvalue weighted by Gasteiger charge is 2.16.